The Morgan fingerprint density at radius 2 is 1.77 bits per heavy atom. The van der Waals surface area contributed by atoms with E-state index >= 15 is 0 Å². The van der Waals surface area contributed by atoms with Crippen molar-refractivity contribution >= 4 is 11.8 Å². The van der Waals surface area contributed by atoms with Crippen LogP contribution in [0.1, 0.15) is 42.9 Å². The normalized spacial score (nSPS) is 15.6. The number of hydrogen-bond acceptors (Lipinski definition) is 5. The number of nitrogens with one attached hydrogen (secondary N) is 1. The Hall–Kier alpha value is -2.67. The molecule has 3 rings (SSSR count). The van der Waals surface area contributed by atoms with Gasteiger partial charge in [-0.15, -0.1) is 0 Å². The third kappa shape index (κ3) is 5.48. The number of benzene rings is 1. The number of rotatable bonds is 6. The zero-order valence-electron chi connectivity index (χ0n) is 18.8. The maximum atomic E-state index is 12.7. The predicted octanol–water partition coefficient (Wildman–Crippen LogP) is 3.04. The second kappa shape index (κ2) is 9.89. The largest absolute Gasteiger partial charge is 0.353 e. The van der Waals surface area contributed by atoms with Crippen LogP contribution in [0.25, 0.3) is 0 Å². The van der Waals surface area contributed by atoms with Gasteiger partial charge in [0.15, 0.2) is 0 Å². The maximum Gasteiger partial charge on any atom is 0.317 e. The van der Waals surface area contributed by atoms with Gasteiger partial charge in [-0.3, -0.25) is 0 Å². The Morgan fingerprint density at radius 3 is 2.37 bits per heavy atom. The summed E-state index contributed by atoms with van der Waals surface area (Å²) >= 11 is 0. The van der Waals surface area contributed by atoms with Crippen LogP contribution < -0.4 is 10.2 Å². The number of amides is 2. The van der Waals surface area contributed by atoms with E-state index in [0.717, 1.165) is 30.4 Å². The van der Waals surface area contributed by atoms with Gasteiger partial charge in [0, 0.05) is 50.4 Å². The van der Waals surface area contributed by atoms with Crippen molar-refractivity contribution in [1.82, 2.24) is 25.1 Å². The molecule has 1 N–H and O–H groups in total. The Kier molecular flexibility index (Phi) is 7.26. The number of carbonyl (C=O) groups excluding carboxylic acids is 1. The van der Waals surface area contributed by atoms with E-state index in [1.165, 1.54) is 5.56 Å². The lowest BCUT2D eigenvalue weighted by Crippen LogP contribution is -2.52. The molecule has 1 fully saturated rings. The van der Waals surface area contributed by atoms with Crippen LogP contribution in [-0.4, -0.2) is 72.6 Å². The molecular formula is C23H34N6O. The monoisotopic (exact) mass is 410 g/mol. The summed E-state index contributed by atoms with van der Waals surface area (Å²) in [6.45, 7) is 9.73. The van der Waals surface area contributed by atoms with Gasteiger partial charge < -0.3 is 20.0 Å². The van der Waals surface area contributed by atoms with Gasteiger partial charge in [0.2, 0.25) is 0 Å². The van der Waals surface area contributed by atoms with E-state index in [9.17, 15) is 4.79 Å². The number of piperazine rings is 1. The number of aromatic nitrogens is 2. The molecule has 7 heteroatoms. The average Bonchev–Trinajstić information content (AvgIpc) is 2.74. The number of carbonyl (C=O) groups is 1. The zero-order valence-corrected chi connectivity index (χ0v) is 18.8. The summed E-state index contributed by atoms with van der Waals surface area (Å²) < 4.78 is 0. The van der Waals surface area contributed by atoms with Crippen LogP contribution in [0.5, 0.6) is 0 Å². The minimum absolute atomic E-state index is 0.000770. The molecule has 2 amide bonds. The first-order valence-corrected chi connectivity index (χ1v) is 10.7. The lowest BCUT2D eigenvalue weighted by molar-refractivity contribution is 0.189. The van der Waals surface area contributed by atoms with Gasteiger partial charge in [0.25, 0.3) is 0 Å². The van der Waals surface area contributed by atoms with E-state index in [0.29, 0.717) is 25.6 Å². The van der Waals surface area contributed by atoms with Crippen molar-refractivity contribution in [1.29, 1.82) is 0 Å². The van der Waals surface area contributed by atoms with Gasteiger partial charge in [0.05, 0.1) is 6.04 Å². The van der Waals surface area contributed by atoms with Crippen LogP contribution in [0.15, 0.2) is 36.4 Å². The van der Waals surface area contributed by atoms with Gasteiger partial charge >= 0.3 is 6.03 Å². The number of aryl methyl sites for hydroxylation is 1. The molecule has 1 aliphatic heterocycles. The summed E-state index contributed by atoms with van der Waals surface area (Å²) in [5.41, 5.74) is 2.19. The highest BCUT2D eigenvalue weighted by molar-refractivity contribution is 5.74. The van der Waals surface area contributed by atoms with E-state index in [1.807, 2.05) is 50.2 Å². The van der Waals surface area contributed by atoms with Crippen LogP contribution in [0.2, 0.25) is 0 Å². The molecule has 162 valence electrons. The van der Waals surface area contributed by atoms with Crippen molar-refractivity contribution in [2.45, 2.75) is 32.7 Å². The van der Waals surface area contributed by atoms with E-state index in [4.69, 9.17) is 4.98 Å². The molecule has 2 aromatic rings. The SMILES string of the molecule is Cc1cc(N2CCN(C(=O)NCC(c3ccccc3)N(C)C)CC2)nc(C(C)C)n1. The topological polar surface area (TPSA) is 64.6 Å². The van der Waals surface area contributed by atoms with E-state index < -0.39 is 0 Å². The van der Waals surface area contributed by atoms with Crippen molar-refractivity contribution in [3.63, 3.8) is 0 Å². The molecule has 1 aliphatic rings. The van der Waals surface area contributed by atoms with Gasteiger partial charge in [-0.1, -0.05) is 44.2 Å². The fourth-order valence-electron chi connectivity index (χ4n) is 3.70. The van der Waals surface area contributed by atoms with Crippen LogP contribution in [0, 0.1) is 6.92 Å². The molecular weight excluding hydrogens is 376 g/mol. The lowest BCUT2D eigenvalue weighted by Gasteiger charge is -2.36. The first-order valence-electron chi connectivity index (χ1n) is 10.7. The Labute approximate surface area is 180 Å². The van der Waals surface area contributed by atoms with Crippen LogP contribution in [-0.2, 0) is 0 Å². The highest BCUT2D eigenvalue weighted by Gasteiger charge is 2.24. The highest BCUT2D eigenvalue weighted by Crippen LogP contribution is 2.19. The van der Waals surface area contributed by atoms with Crippen molar-refractivity contribution in [2.24, 2.45) is 0 Å². The molecule has 1 unspecified atom stereocenters. The number of urea groups is 1. The second-order valence-corrected chi connectivity index (χ2v) is 8.43. The smallest absolute Gasteiger partial charge is 0.317 e. The molecule has 1 atom stereocenters. The molecule has 1 saturated heterocycles. The summed E-state index contributed by atoms with van der Waals surface area (Å²) in [4.78, 5) is 28.3. The summed E-state index contributed by atoms with van der Waals surface area (Å²) in [6.07, 6.45) is 0. The molecule has 0 aliphatic carbocycles. The number of nitrogens with zero attached hydrogens (tertiary/aromatic N) is 5. The quantitative estimate of drug-likeness (QED) is 0.793. The van der Waals surface area contributed by atoms with Crippen LogP contribution in [0.4, 0.5) is 10.6 Å². The minimum Gasteiger partial charge on any atom is -0.353 e. The molecule has 0 bridgehead atoms. The minimum atomic E-state index is -0.000770. The standard InChI is InChI=1S/C23H34N6O/c1-17(2)22-25-18(3)15-21(26-22)28-11-13-29(14-12-28)23(30)24-16-20(27(4)5)19-9-7-6-8-10-19/h6-10,15,17,20H,11-14,16H2,1-5H3,(H,24,30). The van der Waals surface area contributed by atoms with Gasteiger partial charge in [-0.2, -0.15) is 0 Å². The Bertz CT molecular complexity index is 831. The van der Waals surface area contributed by atoms with Crippen molar-refractivity contribution in [3.8, 4) is 0 Å². The third-order valence-electron chi connectivity index (χ3n) is 5.52. The second-order valence-electron chi connectivity index (χ2n) is 8.43. The van der Waals surface area contributed by atoms with Gasteiger partial charge in [0.1, 0.15) is 11.6 Å². The number of hydrogen-bond donors (Lipinski definition) is 1. The van der Waals surface area contributed by atoms with Crippen molar-refractivity contribution < 1.29 is 4.79 Å². The average molecular weight is 411 g/mol. The molecule has 30 heavy (non-hydrogen) atoms. The zero-order chi connectivity index (χ0) is 21.7. The summed E-state index contributed by atoms with van der Waals surface area (Å²) in [7, 11) is 4.08. The van der Waals surface area contributed by atoms with E-state index in [1.54, 1.807) is 0 Å². The van der Waals surface area contributed by atoms with E-state index in [-0.39, 0.29) is 12.1 Å². The molecule has 1 aromatic carbocycles. The van der Waals surface area contributed by atoms with Crippen LogP contribution in [0.3, 0.4) is 0 Å². The third-order valence-corrected chi connectivity index (χ3v) is 5.52. The van der Waals surface area contributed by atoms with Crippen molar-refractivity contribution in [3.05, 3.63) is 53.5 Å². The summed E-state index contributed by atoms with van der Waals surface area (Å²) in [5, 5.41) is 3.12. The van der Waals surface area contributed by atoms with Gasteiger partial charge in [-0.25, -0.2) is 14.8 Å². The first-order chi connectivity index (χ1) is 14.3. The van der Waals surface area contributed by atoms with E-state index in [2.05, 4.69) is 46.1 Å². The number of likely N-dealkylation sites (N-methyl/N-ethyl adjacent to an activating group) is 1. The molecule has 0 radical (unpaired) electrons. The molecule has 1 aromatic heterocycles. The molecule has 7 nitrogen and oxygen atoms in total. The number of anilines is 1. The maximum absolute atomic E-state index is 12.7. The highest BCUT2D eigenvalue weighted by atomic mass is 16.2. The first kappa shape index (κ1) is 22.0. The molecule has 2 heterocycles. The summed E-state index contributed by atoms with van der Waals surface area (Å²) in [6, 6.07) is 12.5. The fraction of sp³-hybridized carbons (Fsp3) is 0.522. The van der Waals surface area contributed by atoms with Gasteiger partial charge in [-0.05, 0) is 26.6 Å². The lowest BCUT2D eigenvalue weighted by atomic mass is 10.1. The summed E-state index contributed by atoms with van der Waals surface area (Å²) in [5.74, 6) is 2.13. The predicted molar refractivity (Wildman–Crippen MR) is 121 cm³/mol. The Morgan fingerprint density at radius 1 is 1.10 bits per heavy atom. The van der Waals surface area contributed by atoms with Crippen LogP contribution >= 0.6 is 0 Å². The molecule has 0 saturated carbocycles. The fourth-order valence-corrected chi connectivity index (χ4v) is 3.70. The molecule has 0 spiro atoms. The Balaban J connectivity index is 1.55. The van der Waals surface area contributed by atoms with Crippen molar-refractivity contribution in [2.75, 3.05) is 51.7 Å².